The number of carbonyl (C=O) groups excluding carboxylic acids is 1. The summed E-state index contributed by atoms with van der Waals surface area (Å²) in [6.07, 6.45) is 5.95. The standard InChI is InChI=1S/C14H28N2O2/c1-4-14(15,5-2)10-16-13(17)9-8-12-7-6-11(3)18-12/h11-12H,4-10,15H2,1-3H3,(H,16,17). The van der Waals surface area contributed by atoms with Crippen LogP contribution in [0.15, 0.2) is 0 Å². The summed E-state index contributed by atoms with van der Waals surface area (Å²) in [7, 11) is 0. The Labute approximate surface area is 111 Å². The van der Waals surface area contributed by atoms with Gasteiger partial charge in [-0.2, -0.15) is 0 Å². The predicted octanol–water partition coefficient (Wildman–Crippen LogP) is 1.97. The van der Waals surface area contributed by atoms with E-state index in [-0.39, 0.29) is 17.6 Å². The van der Waals surface area contributed by atoms with E-state index in [0.717, 1.165) is 32.1 Å². The molecular formula is C14H28N2O2. The van der Waals surface area contributed by atoms with Crippen molar-refractivity contribution >= 4 is 5.91 Å². The molecule has 1 amide bonds. The lowest BCUT2D eigenvalue weighted by molar-refractivity contribution is -0.122. The number of carbonyl (C=O) groups is 1. The van der Waals surface area contributed by atoms with Crippen LogP contribution in [-0.4, -0.2) is 30.2 Å². The molecule has 0 spiro atoms. The second-order valence-electron chi connectivity index (χ2n) is 5.53. The molecule has 0 saturated carbocycles. The first-order chi connectivity index (χ1) is 8.49. The lowest BCUT2D eigenvalue weighted by atomic mass is 9.94. The van der Waals surface area contributed by atoms with Crippen molar-refractivity contribution in [1.29, 1.82) is 0 Å². The molecule has 0 aromatic heterocycles. The predicted molar refractivity (Wildman–Crippen MR) is 73.3 cm³/mol. The van der Waals surface area contributed by atoms with Crippen LogP contribution in [0.5, 0.6) is 0 Å². The topological polar surface area (TPSA) is 64.3 Å². The molecule has 0 radical (unpaired) electrons. The maximum Gasteiger partial charge on any atom is 0.220 e. The third-order valence-electron chi connectivity index (χ3n) is 4.06. The first-order valence-electron chi connectivity index (χ1n) is 7.20. The summed E-state index contributed by atoms with van der Waals surface area (Å²) in [6.45, 7) is 6.78. The quantitative estimate of drug-likeness (QED) is 0.732. The van der Waals surface area contributed by atoms with Gasteiger partial charge in [0.1, 0.15) is 0 Å². The zero-order chi connectivity index (χ0) is 13.6. The van der Waals surface area contributed by atoms with Crippen LogP contribution in [0.25, 0.3) is 0 Å². The molecule has 3 N–H and O–H groups in total. The van der Waals surface area contributed by atoms with Crippen LogP contribution in [0.4, 0.5) is 0 Å². The number of hydrogen-bond donors (Lipinski definition) is 2. The molecule has 1 rings (SSSR count). The smallest absolute Gasteiger partial charge is 0.220 e. The summed E-state index contributed by atoms with van der Waals surface area (Å²) in [4.78, 5) is 11.7. The number of nitrogens with one attached hydrogen (secondary N) is 1. The Balaban J connectivity index is 2.18. The van der Waals surface area contributed by atoms with E-state index in [0.29, 0.717) is 19.1 Å². The summed E-state index contributed by atoms with van der Waals surface area (Å²) in [6, 6.07) is 0. The molecule has 106 valence electrons. The monoisotopic (exact) mass is 256 g/mol. The fourth-order valence-corrected chi connectivity index (χ4v) is 2.25. The highest BCUT2D eigenvalue weighted by Gasteiger charge is 2.23. The van der Waals surface area contributed by atoms with Crippen molar-refractivity contribution in [2.24, 2.45) is 5.73 Å². The van der Waals surface area contributed by atoms with Crippen molar-refractivity contribution in [2.45, 2.75) is 77.0 Å². The molecule has 0 aromatic rings. The van der Waals surface area contributed by atoms with Crippen molar-refractivity contribution in [3.05, 3.63) is 0 Å². The molecule has 0 aliphatic carbocycles. The van der Waals surface area contributed by atoms with Gasteiger partial charge in [-0.1, -0.05) is 13.8 Å². The van der Waals surface area contributed by atoms with Gasteiger partial charge < -0.3 is 15.8 Å². The van der Waals surface area contributed by atoms with E-state index in [4.69, 9.17) is 10.5 Å². The Morgan fingerprint density at radius 1 is 1.39 bits per heavy atom. The minimum atomic E-state index is -0.256. The largest absolute Gasteiger partial charge is 0.375 e. The molecule has 1 saturated heterocycles. The van der Waals surface area contributed by atoms with E-state index >= 15 is 0 Å². The van der Waals surface area contributed by atoms with Gasteiger partial charge >= 0.3 is 0 Å². The highest BCUT2D eigenvalue weighted by atomic mass is 16.5. The van der Waals surface area contributed by atoms with Crippen LogP contribution in [0, 0.1) is 0 Å². The third-order valence-corrected chi connectivity index (χ3v) is 4.06. The second kappa shape index (κ2) is 7.10. The van der Waals surface area contributed by atoms with Gasteiger partial charge in [-0.3, -0.25) is 4.79 Å². The average molecular weight is 256 g/mol. The zero-order valence-corrected chi connectivity index (χ0v) is 12.0. The van der Waals surface area contributed by atoms with Crippen LogP contribution < -0.4 is 11.1 Å². The number of hydrogen-bond acceptors (Lipinski definition) is 3. The van der Waals surface area contributed by atoms with E-state index in [9.17, 15) is 4.79 Å². The summed E-state index contributed by atoms with van der Waals surface area (Å²) < 4.78 is 5.69. The zero-order valence-electron chi connectivity index (χ0n) is 12.0. The highest BCUT2D eigenvalue weighted by Crippen LogP contribution is 2.22. The van der Waals surface area contributed by atoms with Crippen LogP contribution in [0.1, 0.15) is 59.3 Å². The van der Waals surface area contributed by atoms with Gasteiger partial charge in [-0.15, -0.1) is 0 Å². The fourth-order valence-electron chi connectivity index (χ4n) is 2.25. The first-order valence-corrected chi connectivity index (χ1v) is 7.20. The van der Waals surface area contributed by atoms with Crippen molar-refractivity contribution in [3.8, 4) is 0 Å². The van der Waals surface area contributed by atoms with Gasteiger partial charge in [0, 0.05) is 18.5 Å². The lowest BCUT2D eigenvalue weighted by Crippen LogP contribution is -2.49. The van der Waals surface area contributed by atoms with Crippen LogP contribution in [0.3, 0.4) is 0 Å². The highest BCUT2D eigenvalue weighted by molar-refractivity contribution is 5.75. The van der Waals surface area contributed by atoms with Gasteiger partial charge in [0.25, 0.3) is 0 Å². The minimum absolute atomic E-state index is 0.0925. The molecule has 0 aromatic carbocycles. The van der Waals surface area contributed by atoms with E-state index in [2.05, 4.69) is 26.1 Å². The fraction of sp³-hybridized carbons (Fsp3) is 0.929. The minimum Gasteiger partial charge on any atom is -0.375 e. The molecular weight excluding hydrogens is 228 g/mol. The van der Waals surface area contributed by atoms with Gasteiger partial charge in [-0.25, -0.2) is 0 Å². The number of ether oxygens (including phenoxy) is 1. The van der Waals surface area contributed by atoms with Crippen molar-refractivity contribution in [3.63, 3.8) is 0 Å². The molecule has 1 aliphatic heterocycles. The maximum atomic E-state index is 11.7. The molecule has 2 unspecified atom stereocenters. The van der Waals surface area contributed by atoms with Gasteiger partial charge in [0.2, 0.25) is 5.91 Å². The SMILES string of the molecule is CCC(N)(CC)CNC(=O)CCC1CCC(C)O1. The molecule has 0 bridgehead atoms. The first kappa shape index (κ1) is 15.4. The van der Waals surface area contributed by atoms with Crippen molar-refractivity contribution < 1.29 is 9.53 Å². The van der Waals surface area contributed by atoms with Crippen LogP contribution >= 0.6 is 0 Å². The molecule has 2 atom stereocenters. The number of nitrogens with two attached hydrogens (primary N) is 1. The Morgan fingerprint density at radius 2 is 2.06 bits per heavy atom. The number of amides is 1. The van der Waals surface area contributed by atoms with E-state index < -0.39 is 0 Å². The molecule has 4 heteroatoms. The second-order valence-corrected chi connectivity index (χ2v) is 5.53. The van der Waals surface area contributed by atoms with E-state index in [1.807, 2.05) is 0 Å². The lowest BCUT2D eigenvalue weighted by Gasteiger charge is -2.26. The summed E-state index contributed by atoms with van der Waals surface area (Å²) >= 11 is 0. The summed E-state index contributed by atoms with van der Waals surface area (Å²) in [5.74, 6) is 0.0925. The Bertz CT molecular complexity index is 265. The molecule has 1 heterocycles. The normalized spacial score (nSPS) is 24.2. The summed E-state index contributed by atoms with van der Waals surface area (Å²) in [5, 5.41) is 2.94. The Hall–Kier alpha value is -0.610. The maximum absolute atomic E-state index is 11.7. The van der Waals surface area contributed by atoms with Crippen molar-refractivity contribution in [1.82, 2.24) is 5.32 Å². The van der Waals surface area contributed by atoms with Gasteiger partial charge in [0.05, 0.1) is 12.2 Å². The molecule has 1 aliphatic rings. The Morgan fingerprint density at radius 3 is 2.56 bits per heavy atom. The van der Waals surface area contributed by atoms with Gasteiger partial charge in [-0.05, 0) is 39.0 Å². The molecule has 1 fully saturated rings. The van der Waals surface area contributed by atoms with Crippen molar-refractivity contribution in [2.75, 3.05) is 6.54 Å². The average Bonchev–Trinajstić information content (AvgIpc) is 2.79. The van der Waals surface area contributed by atoms with E-state index in [1.165, 1.54) is 0 Å². The Kier molecular flexibility index (Phi) is 6.09. The van der Waals surface area contributed by atoms with Gasteiger partial charge in [0.15, 0.2) is 0 Å². The third kappa shape index (κ3) is 4.94. The molecule has 4 nitrogen and oxygen atoms in total. The van der Waals surface area contributed by atoms with E-state index in [1.54, 1.807) is 0 Å². The molecule has 18 heavy (non-hydrogen) atoms. The van der Waals surface area contributed by atoms with Crippen LogP contribution in [-0.2, 0) is 9.53 Å². The summed E-state index contributed by atoms with van der Waals surface area (Å²) in [5.41, 5.74) is 5.89. The van der Waals surface area contributed by atoms with Crippen LogP contribution in [0.2, 0.25) is 0 Å². The number of rotatable bonds is 7.